The average Bonchev–Trinajstić information content (AvgIpc) is 3.47. The first-order valence-electron chi connectivity index (χ1n) is 8.54. The van der Waals surface area contributed by atoms with Crippen LogP contribution in [0.15, 0.2) is 46.3 Å². The van der Waals surface area contributed by atoms with Gasteiger partial charge in [0.25, 0.3) is 5.56 Å². The second-order valence-corrected chi connectivity index (χ2v) is 7.43. The van der Waals surface area contributed by atoms with Crippen molar-refractivity contribution in [2.24, 2.45) is 13.0 Å². The molecule has 0 N–H and O–H groups in total. The Morgan fingerprint density at radius 2 is 2.08 bits per heavy atom. The van der Waals surface area contributed by atoms with E-state index in [1.165, 1.54) is 29.5 Å². The number of aromatic nitrogens is 2. The molecule has 1 aliphatic carbocycles. The first-order valence-corrected chi connectivity index (χ1v) is 9.76. The number of hydrogen-bond donors (Lipinski definition) is 0. The lowest BCUT2D eigenvalue weighted by atomic mass is 10.0. The molecule has 3 aromatic rings. The van der Waals surface area contributed by atoms with Crippen LogP contribution in [0.4, 0.5) is 4.39 Å². The van der Waals surface area contributed by atoms with Gasteiger partial charge < -0.3 is 9.30 Å². The topological polar surface area (TPSA) is 44.1 Å². The van der Waals surface area contributed by atoms with E-state index in [1.807, 2.05) is 18.4 Å². The second-order valence-electron chi connectivity index (χ2n) is 6.60. The zero-order valence-corrected chi connectivity index (χ0v) is 15.5. The molecule has 1 saturated carbocycles. The molecule has 0 atom stereocenters. The highest BCUT2D eigenvalue weighted by molar-refractivity contribution is 7.98. The highest BCUT2D eigenvalue weighted by atomic mass is 32.2. The molecule has 4 rings (SSSR count). The van der Waals surface area contributed by atoms with Gasteiger partial charge in [-0.15, -0.1) is 11.8 Å². The number of nitrogens with zero attached hydrogens (tertiary/aromatic N) is 2. The number of hydrogen-bond acceptors (Lipinski definition) is 4. The third-order valence-corrected chi connectivity index (χ3v) is 5.26. The van der Waals surface area contributed by atoms with Gasteiger partial charge in [-0.2, -0.15) is 0 Å². The van der Waals surface area contributed by atoms with E-state index in [-0.39, 0.29) is 5.56 Å². The average molecular weight is 370 g/mol. The molecular formula is C20H19FN2O2S. The fourth-order valence-electron chi connectivity index (χ4n) is 2.97. The molecule has 1 fully saturated rings. The maximum absolute atomic E-state index is 13.7. The lowest BCUT2D eigenvalue weighted by molar-refractivity contribution is 0.299. The van der Waals surface area contributed by atoms with Crippen molar-refractivity contribution in [2.75, 3.05) is 12.9 Å². The fourth-order valence-corrected chi connectivity index (χ4v) is 3.36. The minimum Gasteiger partial charge on any atom is -0.491 e. The van der Waals surface area contributed by atoms with Crippen LogP contribution in [0.3, 0.4) is 0 Å². The molecule has 6 heteroatoms. The van der Waals surface area contributed by atoms with E-state index in [1.54, 1.807) is 31.1 Å². The molecule has 2 aromatic heterocycles. The zero-order chi connectivity index (χ0) is 18.3. The maximum Gasteiger partial charge on any atom is 0.258 e. The van der Waals surface area contributed by atoms with Crippen molar-refractivity contribution >= 4 is 22.5 Å². The third-order valence-electron chi connectivity index (χ3n) is 4.61. The molecule has 0 bridgehead atoms. The first kappa shape index (κ1) is 17.1. The molecule has 0 radical (unpaired) electrons. The Labute approximate surface area is 155 Å². The molecule has 0 saturated heterocycles. The number of aryl methyl sites for hydroxylation is 1. The Balaban J connectivity index is 1.93. The Kier molecular flexibility index (Phi) is 4.44. The maximum atomic E-state index is 13.7. The lowest BCUT2D eigenvalue weighted by Gasteiger charge is -2.14. The van der Waals surface area contributed by atoms with Crippen LogP contribution in [0, 0.1) is 11.7 Å². The summed E-state index contributed by atoms with van der Waals surface area (Å²) in [7, 11) is 1.67. The van der Waals surface area contributed by atoms with Gasteiger partial charge in [0, 0.05) is 18.8 Å². The Morgan fingerprint density at radius 3 is 2.81 bits per heavy atom. The summed E-state index contributed by atoms with van der Waals surface area (Å²) >= 11 is 1.54. The summed E-state index contributed by atoms with van der Waals surface area (Å²) in [5.41, 5.74) is 1.22. The summed E-state index contributed by atoms with van der Waals surface area (Å²) in [5.74, 6) is 0.885. The largest absolute Gasteiger partial charge is 0.491 e. The molecular weight excluding hydrogens is 351 g/mol. The molecule has 0 spiro atoms. The van der Waals surface area contributed by atoms with Gasteiger partial charge in [0.2, 0.25) is 0 Å². The number of benzene rings is 1. The van der Waals surface area contributed by atoms with E-state index in [0.717, 1.165) is 10.6 Å². The standard InChI is InChI=1S/C20H19FN2O2S/c1-23-10-16(14-6-5-13(21)9-15(14)20(23)24)19-17(25-11-12-3-4-12)7-8-18(22-19)26-2/h5-10,12H,3-4,11H2,1-2H3. The summed E-state index contributed by atoms with van der Waals surface area (Å²) in [6, 6.07) is 8.15. The van der Waals surface area contributed by atoms with E-state index < -0.39 is 5.82 Å². The Bertz CT molecular complexity index is 1040. The van der Waals surface area contributed by atoms with E-state index in [4.69, 9.17) is 9.72 Å². The predicted octanol–water partition coefficient (Wildman–Crippen LogP) is 4.25. The van der Waals surface area contributed by atoms with Gasteiger partial charge in [-0.1, -0.05) is 6.07 Å². The normalized spacial score (nSPS) is 14.0. The van der Waals surface area contributed by atoms with Crippen LogP contribution >= 0.6 is 11.8 Å². The van der Waals surface area contributed by atoms with Crippen LogP contribution in [0.1, 0.15) is 12.8 Å². The number of thioether (sulfide) groups is 1. The second kappa shape index (κ2) is 6.76. The highest BCUT2D eigenvalue weighted by Crippen LogP contribution is 2.36. The Morgan fingerprint density at radius 1 is 1.27 bits per heavy atom. The van der Waals surface area contributed by atoms with E-state index in [2.05, 4.69) is 0 Å². The van der Waals surface area contributed by atoms with Gasteiger partial charge in [0.05, 0.1) is 17.0 Å². The van der Waals surface area contributed by atoms with Crippen LogP contribution in [0.5, 0.6) is 5.75 Å². The van der Waals surface area contributed by atoms with Crippen molar-refractivity contribution < 1.29 is 9.13 Å². The molecule has 0 aliphatic heterocycles. The van der Waals surface area contributed by atoms with Crippen molar-refractivity contribution in [3.8, 4) is 17.0 Å². The monoisotopic (exact) mass is 370 g/mol. The van der Waals surface area contributed by atoms with Gasteiger partial charge in [-0.3, -0.25) is 4.79 Å². The van der Waals surface area contributed by atoms with Crippen LogP contribution in [-0.4, -0.2) is 22.4 Å². The summed E-state index contributed by atoms with van der Waals surface area (Å²) < 4.78 is 21.2. The Hall–Kier alpha value is -2.34. The van der Waals surface area contributed by atoms with Crippen LogP contribution in [0.2, 0.25) is 0 Å². The van der Waals surface area contributed by atoms with Gasteiger partial charge in [0.15, 0.2) is 0 Å². The van der Waals surface area contributed by atoms with E-state index >= 15 is 0 Å². The summed E-state index contributed by atoms with van der Waals surface area (Å²) in [6.45, 7) is 0.672. The van der Waals surface area contributed by atoms with E-state index in [0.29, 0.717) is 34.7 Å². The smallest absolute Gasteiger partial charge is 0.258 e. The van der Waals surface area contributed by atoms with Crippen molar-refractivity contribution in [2.45, 2.75) is 17.9 Å². The SMILES string of the molecule is CSc1ccc(OCC2CC2)c(-c2cn(C)c(=O)c3cc(F)ccc23)n1. The molecule has 26 heavy (non-hydrogen) atoms. The van der Waals surface area contributed by atoms with Crippen molar-refractivity contribution in [1.29, 1.82) is 0 Å². The highest BCUT2D eigenvalue weighted by Gasteiger charge is 2.23. The summed E-state index contributed by atoms with van der Waals surface area (Å²) in [5, 5.41) is 1.88. The van der Waals surface area contributed by atoms with Crippen molar-refractivity contribution in [3.63, 3.8) is 0 Å². The molecule has 0 amide bonds. The zero-order valence-electron chi connectivity index (χ0n) is 14.7. The third kappa shape index (κ3) is 3.21. The molecule has 1 aliphatic rings. The van der Waals surface area contributed by atoms with Crippen molar-refractivity contribution in [1.82, 2.24) is 9.55 Å². The van der Waals surface area contributed by atoms with Gasteiger partial charge in [-0.05, 0) is 54.7 Å². The predicted molar refractivity (Wildman–Crippen MR) is 102 cm³/mol. The quantitative estimate of drug-likeness (QED) is 0.630. The lowest BCUT2D eigenvalue weighted by Crippen LogP contribution is -2.17. The first-order chi connectivity index (χ1) is 12.6. The van der Waals surface area contributed by atoms with Crippen LogP contribution < -0.4 is 10.3 Å². The van der Waals surface area contributed by atoms with Crippen molar-refractivity contribution in [3.05, 3.63) is 52.7 Å². The van der Waals surface area contributed by atoms with E-state index in [9.17, 15) is 9.18 Å². The van der Waals surface area contributed by atoms with Crippen LogP contribution in [0.25, 0.3) is 22.0 Å². The number of ether oxygens (including phenoxy) is 1. The molecule has 4 nitrogen and oxygen atoms in total. The minimum atomic E-state index is -0.428. The van der Waals surface area contributed by atoms with Gasteiger partial charge in [-0.25, -0.2) is 9.37 Å². The number of pyridine rings is 2. The van der Waals surface area contributed by atoms with Crippen LogP contribution in [-0.2, 0) is 7.05 Å². The van der Waals surface area contributed by atoms with Gasteiger partial charge in [0.1, 0.15) is 17.3 Å². The fraction of sp³-hybridized carbons (Fsp3) is 0.300. The number of fused-ring (bicyclic) bond motifs is 1. The number of rotatable bonds is 5. The molecule has 2 heterocycles. The number of halogens is 1. The molecule has 1 aromatic carbocycles. The minimum absolute atomic E-state index is 0.232. The molecule has 134 valence electrons. The van der Waals surface area contributed by atoms with Gasteiger partial charge >= 0.3 is 0 Å². The molecule has 0 unspecified atom stereocenters. The summed E-state index contributed by atoms with van der Waals surface area (Å²) in [4.78, 5) is 17.2. The summed E-state index contributed by atoms with van der Waals surface area (Å²) in [6.07, 6.45) is 6.12.